The van der Waals surface area contributed by atoms with Crippen LogP contribution < -0.4 is 9.47 Å². The van der Waals surface area contributed by atoms with E-state index in [0.29, 0.717) is 31.1 Å². The Labute approximate surface area is 140 Å². The van der Waals surface area contributed by atoms with Crippen LogP contribution in [-0.4, -0.2) is 52.2 Å². The van der Waals surface area contributed by atoms with E-state index in [9.17, 15) is 4.79 Å². The van der Waals surface area contributed by atoms with Gasteiger partial charge in [0.05, 0.1) is 14.2 Å². The summed E-state index contributed by atoms with van der Waals surface area (Å²) in [6, 6.07) is 3.87. The van der Waals surface area contributed by atoms with Gasteiger partial charge in [0.15, 0.2) is 17.3 Å². The highest BCUT2D eigenvalue weighted by Crippen LogP contribution is 2.36. The molecule has 2 aromatic rings. The second-order valence-corrected chi connectivity index (χ2v) is 5.68. The molecule has 0 saturated carbocycles. The van der Waals surface area contributed by atoms with E-state index in [2.05, 4.69) is 20.6 Å². The lowest BCUT2D eigenvalue weighted by Crippen LogP contribution is -2.39. The van der Waals surface area contributed by atoms with Crippen molar-refractivity contribution in [2.45, 2.75) is 32.2 Å². The zero-order chi connectivity index (χ0) is 17.1. The summed E-state index contributed by atoms with van der Waals surface area (Å²) in [6.45, 7) is 3.12. The standard InChI is InChI=1S/C16H21N5O3/c1-4-11(15-17-19-20-18-15)16(22)21-8-7-12-10(9-21)5-6-13(23-2)14(12)24-3/h5-6,11H,4,7-9H2,1-3H3,(H,17,18,19,20). The Morgan fingerprint density at radius 1 is 1.38 bits per heavy atom. The molecule has 24 heavy (non-hydrogen) atoms. The summed E-state index contributed by atoms with van der Waals surface area (Å²) in [7, 11) is 3.26. The molecule has 1 aromatic carbocycles. The first kappa shape index (κ1) is 16.2. The van der Waals surface area contributed by atoms with Crippen LogP contribution in [0, 0.1) is 0 Å². The van der Waals surface area contributed by atoms with Crippen LogP contribution in [0.2, 0.25) is 0 Å². The number of carbonyl (C=O) groups excluding carboxylic acids is 1. The molecule has 0 spiro atoms. The Balaban J connectivity index is 1.83. The van der Waals surface area contributed by atoms with E-state index >= 15 is 0 Å². The number of benzene rings is 1. The minimum absolute atomic E-state index is 0.0272. The normalized spacial score (nSPS) is 14.9. The third-order valence-corrected chi connectivity index (χ3v) is 4.43. The molecule has 0 aliphatic carbocycles. The summed E-state index contributed by atoms with van der Waals surface area (Å²) in [6.07, 6.45) is 1.36. The number of carbonyl (C=O) groups is 1. The SMILES string of the molecule is CCC(C(=O)N1CCc2c(ccc(OC)c2OC)C1)c1nn[nH]n1. The number of aromatic nitrogens is 4. The quantitative estimate of drug-likeness (QED) is 0.887. The predicted octanol–water partition coefficient (Wildman–Crippen LogP) is 1.30. The smallest absolute Gasteiger partial charge is 0.233 e. The molecule has 0 bridgehead atoms. The van der Waals surface area contributed by atoms with Crippen molar-refractivity contribution in [3.63, 3.8) is 0 Å². The molecule has 0 radical (unpaired) electrons. The molecule has 2 heterocycles. The molecule has 1 aromatic heterocycles. The monoisotopic (exact) mass is 331 g/mol. The lowest BCUT2D eigenvalue weighted by atomic mass is 9.96. The van der Waals surface area contributed by atoms with Gasteiger partial charge in [-0.05, 0) is 24.5 Å². The molecule has 8 heteroatoms. The van der Waals surface area contributed by atoms with E-state index < -0.39 is 0 Å². The number of nitrogens with one attached hydrogen (secondary N) is 1. The number of tetrazole rings is 1. The predicted molar refractivity (Wildman–Crippen MR) is 85.9 cm³/mol. The highest BCUT2D eigenvalue weighted by Gasteiger charge is 2.31. The zero-order valence-electron chi connectivity index (χ0n) is 14.1. The van der Waals surface area contributed by atoms with E-state index in [4.69, 9.17) is 9.47 Å². The van der Waals surface area contributed by atoms with Gasteiger partial charge in [-0.1, -0.05) is 18.2 Å². The highest BCUT2D eigenvalue weighted by atomic mass is 16.5. The lowest BCUT2D eigenvalue weighted by Gasteiger charge is -2.32. The average Bonchev–Trinajstić information content (AvgIpc) is 3.14. The van der Waals surface area contributed by atoms with Crippen molar-refractivity contribution in [1.29, 1.82) is 0 Å². The first-order valence-electron chi connectivity index (χ1n) is 7.94. The fourth-order valence-corrected chi connectivity index (χ4v) is 3.18. The molecule has 1 aliphatic rings. The van der Waals surface area contributed by atoms with Gasteiger partial charge in [0.2, 0.25) is 5.91 Å². The molecular weight excluding hydrogens is 310 g/mol. The van der Waals surface area contributed by atoms with Gasteiger partial charge in [0, 0.05) is 18.7 Å². The van der Waals surface area contributed by atoms with E-state index in [-0.39, 0.29) is 11.8 Å². The van der Waals surface area contributed by atoms with E-state index in [1.165, 1.54) is 0 Å². The third-order valence-electron chi connectivity index (χ3n) is 4.43. The summed E-state index contributed by atoms with van der Waals surface area (Å²) >= 11 is 0. The summed E-state index contributed by atoms with van der Waals surface area (Å²) in [4.78, 5) is 14.7. The van der Waals surface area contributed by atoms with E-state index in [1.54, 1.807) is 14.2 Å². The van der Waals surface area contributed by atoms with Gasteiger partial charge >= 0.3 is 0 Å². The second-order valence-electron chi connectivity index (χ2n) is 5.68. The molecule has 3 rings (SSSR count). The number of hydrogen-bond donors (Lipinski definition) is 1. The molecule has 128 valence electrons. The Kier molecular flexibility index (Phi) is 4.64. The summed E-state index contributed by atoms with van der Waals surface area (Å²) < 4.78 is 10.8. The van der Waals surface area contributed by atoms with Crippen LogP contribution >= 0.6 is 0 Å². The lowest BCUT2D eigenvalue weighted by molar-refractivity contribution is -0.134. The van der Waals surface area contributed by atoms with Crippen molar-refractivity contribution >= 4 is 5.91 Å². The molecule has 8 nitrogen and oxygen atoms in total. The minimum Gasteiger partial charge on any atom is -0.493 e. The molecule has 0 saturated heterocycles. The fourth-order valence-electron chi connectivity index (χ4n) is 3.18. The number of rotatable bonds is 5. The summed E-state index contributed by atoms with van der Waals surface area (Å²) in [5.74, 6) is 1.58. The number of H-pyrrole nitrogens is 1. The van der Waals surface area contributed by atoms with Gasteiger partial charge in [-0.3, -0.25) is 4.79 Å². The Morgan fingerprint density at radius 3 is 2.83 bits per heavy atom. The molecule has 1 N–H and O–H groups in total. The van der Waals surface area contributed by atoms with Crippen LogP contribution in [0.15, 0.2) is 12.1 Å². The first-order chi connectivity index (χ1) is 11.7. The van der Waals surface area contributed by atoms with Crippen molar-refractivity contribution < 1.29 is 14.3 Å². The number of ether oxygens (including phenoxy) is 2. The van der Waals surface area contributed by atoms with Gasteiger partial charge in [0.25, 0.3) is 0 Å². The number of fused-ring (bicyclic) bond motifs is 1. The topological polar surface area (TPSA) is 93.2 Å². The van der Waals surface area contributed by atoms with Crippen LogP contribution in [0.5, 0.6) is 11.5 Å². The van der Waals surface area contributed by atoms with Gasteiger partial charge < -0.3 is 14.4 Å². The first-order valence-corrected chi connectivity index (χ1v) is 7.94. The molecular formula is C16H21N5O3. The maximum atomic E-state index is 12.9. The van der Waals surface area contributed by atoms with Crippen LogP contribution in [-0.2, 0) is 17.8 Å². The minimum atomic E-state index is -0.370. The number of methoxy groups -OCH3 is 2. The number of hydrogen-bond acceptors (Lipinski definition) is 6. The van der Waals surface area contributed by atoms with Gasteiger partial charge in [-0.25, -0.2) is 0 Å². The number of amides is 1. The van der Waals surface area contributed by atoms with Crippen molar-refractivity contribution in [1.82, 2.24) is 25.5 Å². The van der Waals surface area contributed by atoms with Gasteiger partial charge in [-0.15, -0.1) is 10.2 Å². The van der Waals surface area contributed by atoms with Crippen molar-refractivity contribution in [2.75, 3.05) is 20.8 Å². The fraction of sp³-hybridized carbons (Fsp3) is 0.500. The second kappa shape index (κ2) is 6.86. The van der Waals surface area contributed by atoms with Crippen LogP contribution in [0.4, 0.5) is 0 Å². The molecule has 1 aliphatic heterocycles. The Bertz CT molecular complexity index is 717. The largest absolute Gasteiger partial charge is 0.493 e. The van der Waals surface area contributed by atoms with E-state index in [1.807, 2.05) is 24.0 Å². The van der Waals surface area contributed by atoms with Crippen molar-refractivity contribution in [3.8, 4) is 11.5 Å². The van der Waals surface area contributed by atoms with Crippen LogP contribution in [0.3, 0.4) is 0 Å². The van der Waals surface area contributed by atoms with Gasteiger partial charge in [-0.2, -0.15) is 5.21 Å². The molecule has 1 atom stereocenters. The molecule has 1 unspecified atom stereocenters. The maximum absolute atomic E-state index is 12.9. The Hall–Kier alpha value is -2.64. The summed E-state index contributed by atoms with van der Waals surface area (Å²) in [5, 5.41) is 13.9. The third kappa shape index (κ3) is 2.79. The van der Waals surface area contributed by atoms with Crippen molar-refractivity contribution in [3.05, 3.63) is 29.1 Å². The molecule has 0 fully saturated rings. The number of aromatic amines is 1. The average molecular weight is 331 g/mol. The number of nitrogens with zero attached hydrogens (tertiary/aromatic N) is 4. The summed E-state index contributed by atoms with van der Waals surface area (Å²) in [5.41, 5.74) is 2.18. The van der Waals surface area contributed by atoms with Crippen LogP contribution in [0.1, 0.15) is 36.2 Å². The Morgan fingerprint density at radius 2 is 2.21 bits per heavy atom. The van der Waals surface area contributed by atoms with Gasteiger partial charge in [0.1, 0.15) is 5.92 Å². The highest BCUT2D eigenvalue weighted by molar-refractivity contribution is 5.83. The van der Waals surface area contributed by atoms with Crippen LogP contribution in [0.25, 0.3) is 0 Å². The molecule has 1 amide bonds. The zero-order valence-corrected chi connectivity index (χ0v) is 14.1. The van der Waals surface area contributed by atoms with E-state index in [0.717, 1.165) is 23.3 Å². The van der Waals surface area contributed by atoms with Crippen molar-refractivity contribution in [2.24, 2.45) is 0 Å². The maximum Gasteiger partial charge on any atom is 0.233 e.